The van der Waals surface area contributed by atoms with Crippen molar-refractivity contribution >= 4 is 34.9 Å². The number of ketones is 1. The molecular weight excluding hydrogens is 270 g/mol. The third-order valence-corrected chi connectivity index (χ3v) is 3.12. The van der Waals surface area contributed by atoms with Gasteiger partial charge >= 0.3 is 0 Å². The maximum absolute atomic E-state index is 11.8. The van der Waals surface area contributed by atoms with E-state index in [-0.39, 0.29) is 18.9 Å². The van der Waals surface area contributed by atoms with Gasteiger partial charge in [0.2, 0.25) is 5.91 Å². The molecule has 1 aliphatic heterocycles. The summed E-state index contributed by atoms with van der Waals surface area (Å²) in [5.41, 5.74) is 2.85. The number of nitrogens with two attached hydrogens (primary N) is 1. The SMILES string of the molecule is NNC(=O)CCCN1C(=O)C(=O)c2ccc(Cl)cc21. The Morgan fingerprint density at radius 1 is 1.37 bits per heavy atom. The molecule has 0 saturated carbocycles. The van der Waals surface area contributed by atoms with Crippen LogP contribution in [0.3, 0.4) is 0 Å². The van der Waals surface area contributed by atoms with Crippen molar-refractivity contribution in [2.24, 2.45) is 5.84 Å². The average Bonchev–Trinajstić information content (AvgIpc) is 2.63. The van der Waals surface area contributed by atoms with Crippen molar-refractivity contribution in [1.29, 1.82) is 0 Å². The zero-order valence-corrected chi connectivity index (χ0v) is 10.7. The van der Waals surface area contributed by atoms with Crippen LogP contribution in [0.4, 0.5) is 5.69 Å². The number of amides is 2. The van der Waals surface area contributed by atoms with E-state index in [0.29, 0.717) is 22.7 Å². The number of carbonyl (C=O) groups is 3. The summed E-state index contributed by atoms with van der Waals surface area (Å²) in [5.74, 6) is 3.51. The number of hydrogen-bond acceptors (Lipinski definition) is 4. The van der Waals surface area contributed by atoms with Gasteiger partial charge in [-0.15, -0.1) is 0 Å². The largest absolute Gasteiger partial charge is 0.305 e. The summed E-state index contributed by atoms with van der Waals surface area (Å²) >= 11 is 5.86. The topological polar surface area (TPSA) is 92.5 Å². The highest BCUT2D eigenvalue weighted by atomic mass is 35.5. The van der Waals surface area contributed by atoms with Crippen LogP contribution in [-0.2, 0) is 9.59 Å². The summed E-state index contributed by atoms with van der Waals surface area (Å²) in [6.45, 7) is 0.269. The van der Waals surface area contributed by atoms with Crippen molar-refractivity contribution in [2.75, 3.05) is 11.4 Å². The average molecular weight is 282 g/mol. The fourth-order valence-corrected chi connectivity index (χ4v) is 2.13. The molecule has 2 rings (SSSR count). The Morgan fingerprint density at radius 2 is 2.11 bits per heavy atom. The monoisotopic (exact) mass is 281 g/mol. The Balaban J connectivity index is 2.14. The van der Waals surface area contributed by atoms with Gasteiger partial charge in [-0.05, 0) is 24.6 Å². The Bertz CT molecular complexity index is 559. The van der Waals surface area contributed by atoms with Crippen molar-refractivity contribution in [2.45, 2.75) is 12.8 Å². The van der Waals surface area contributed by atoms with Crippen LogP contribution in [0.2, 0.25) is 5.02 Å². The molecule has 3 N–H and O–H groups in total. The van der Waals surface area contributed by atoms with Gasteiger partial charge in [-0.1, -0.05) is 11.6 Å². The number of Topliss-reactive ketones (excluding diaryl/α,β-unsaturated/α-hetero) is 1. The Labute approximate surface area is 114 Å². The number of anilines is 1. The number of hydrazine groups is 1. The molecule has 1 aliphatic rings. The quantitative estimate of drug-likeness (QED) is 0.367. The van der Waals surface area contributed by atoms with E-state index >= 15 is 0 Å². The predicted molar refractivity (Wildman–Crippen MR) is 69.7 cm³/mol. The molecular formula is C12H12ClN3O3. The number of carbonyl (C=O) groups excluding carboxylic acids is 3. The van der Waals surface area contributed by atoms with Crippen molar-refractivity contribution < 1.29 is 14.4 Å². The van der Waals surface area contributed by atoms with Crippen LogP contribution >= 0.6 is 11.6 Å². The minimum Gasteiger partial charge on any atom is -0.305 e. The number of benzene rings is 1. The van der Waals surface area contributed by atoms with Crippen molar-refractivity contribution in [3.8, 4) is 0 Å². The van der Waals surface area contributed by atoms with Crippen LogP contribution in [-0.4, -0.2) is 24.1 Å². The van der Waals surface area contributed by atoms with Gasteiger partial charge in [0.1, 0.15) is 0 Å². The third-order valence-electron chi connectivity index (χ3n) is 2.88. The Hall–Kier alpha value is -1.92. The van der Waals surface area contributed by atoms with Gasteiger partial charge in [-0.2, -0.15) is 0 Å². The number of fused-ring (bicyclic) bond motifs is 1. The summed E-state index contributed by atoms with van der Waals surface area (Å²) in [4.78, 5) is 35.9. The first kappa shape index (κ1) is 13.5. The van der Waals surface area contributed by atoms with Gasteiger partial charge in [0.15, 0.2) is 0 Å². The highest BCUT2D eigenvalue weighted by molar-refractivity contribution is 6.52. The molecule has 0 spiro atoms. The molecule has 2 amide bonds. The van der Waals surface area contributed by atoms with Crippen LogP contribution in [0.15, 0.2) is 18.2 Å². The molecule has 1 aromatic rings. The van der Waals surface area contributed by atoms with Crippen LogP contribution in [0, 0.1) is 0 Å². The fraction of sp³-hybridized carbons (Fsp3) is 0.250. The highest BCUT2D eigenvalue weighted by Crippen LogP contribution is 2.31. The number of nitrogens with one attached hydrogen (secondary N) is 1. The summed E-state index contributed by atoms with van der Waals surface area (Å²) in [5, 5.41) is 0.450. The first-order chi connectivity index (χ1) is 9.04. The van der Waals surface area contributed by atoms with E-state index in [2.05, 4.69) is 0 Å². The number of nitrogens with zero attached hydrogens (tertiary/aromatic N) is 1. The molecule has 1 heterocycles. The van der Waals surface area contributed by atoms with E-state index < -0.39 is 11.7 Å². The minimum atomic E-state index is -0.592. The van der Waals surface area contributed by atoms with Crippen molar-refractivity contribution in [1.82, 2.24) is 5.43 Å². The first-order valence-electron chi connectivity index (χ1n) is 5.70. The molecule has 7 heteroatoms. The van der Waals surface area contributed by atoms with E-state index in [1.807, 2.05) is 5.43 Å². The molecule has 0 aromatic heterocycles. The first-order valence-corrected chi connectivity index (χ1v) is 6.07. The lowest BCUT2D eigenvalue weighted by atomic mass is 10.1. The predicted octanol–water partition coefficient (Wildman–Crippen LogP) is 0.639. The lowest BCUT2D eigenvalue weighted by Crippen LogP contribution is -2.33. The summed E-state index contributed by atoms with van der Waals surface area (Å²) < 4.78 is 0. The smallest absolute Gasteiger partial charge is 0.299 e. The van der Waals surface area contributed by atoms with E-state index in [1.165, 1.54) is 11.0 Å². The Kier molecular flexibility index (Phi) is 3.82. The molecule has 0 radical (unpaired) electrons. The van der Waals surface area contributed by atoms with E-state index in [0.717, 1.165) is 0 Å². The van der Waals surface area contributed by atoms with E-state index in [4.69, 9.17) is 17.4 Å². The van der Waals surface area contributed by atoms with Crippen LogP contribution in [0.25, 0.3) is 0 Å². The fourth-order valence-electron chi connectivity index (χ4n) is 1.96. The molecule has 0 unspecified atom stereocenters. The maximum Gasteiger partial charge on any atom is 0.299 e. The highest BCUT2D eigenvalue weighted by Gasteiger charge is 2.35. The minimum absolute atomic E-state index is 0.185. The molecule has 0 saturated heterocycles. The molecule has 0 fully saturated rings. The lowest BCUT2D eigenvalue weighted by Gasteiger charge is -2.16. The van der Waals surface area contributed by atoms with Gasteiger partial charge in [0.05, 0.1) is 11.3 Å². The second-order valence-electron chi connectivity index (χ2n) is 4.12. The standard InChI is InChI=1S/C12H12ClN3O3/c13-7-3-4-8-9(6-7)16(12(19)11(8)18)5-1-2-10(17)15-14/h3-4,6H,1-2,5,14H2,(H,15,17). The maximum atomic E-state index is 11.8. The molecule has 100 valence electrons. The zero-order chi connectivity index (χ0) is 14.0. The summed E-state index contributed by atoms with van der Waals surface area (Å²) in [6, 6.07) is 4.67. The molecule has 0 aliphatic carbocycles. The second kappa shape index (κ2) is 5.38. The second-order valence-corrected chi connectivity index (χ2v) is 4.55. The number of rotatable bonds is 4. The van der Waals surface area contributed by atoms with Crippen LogP contribution in [0.1, 0.15) is 23.2 Å². The molecule has 1 aromatic carbocycles. The van der Waals surface area contributed by atoms with Gasteiger partial charge in [-0.3, -0.25) is 19.8 Å². The van der Waals surface area contributed by atoms with E-state index in [9.17, 15) is 14.4 Å². The molecule has 6 nitrogen and oxygen atoms in total. The Morgan fingerprint density at radius 3 is 2.79 bits per heavy atom. The number of hydrogen-bond donors (Lipinski definition) is 2. The normalized spacial score (nSPS) is 13.7. The molecule has 19 heavy (non-hydrogen) atoms. The molecule has 0 atom stereocenters. The summed E-state index contributed by atoms with van der Waals surface area (Å²) in [7, 11) is 0. The van der Waals surface area contributed by atoms with Crippen LogP contribution < -0.4 is 16.2 Å². The van der Waals surface area contributed by atoms with Crippen LogP contribution in [0.5, 0.6) is 0 Å². The zero-order valence-electron chi connectivity index (χ0n) is 9.98. The van der Waals surface area contributed by atoms with Gasteiger partial charge in [-0.25, -0.2) is 5.84 Å². The molecule has 0 bridgehead atoms. The number of halogens is 1. The van der Waals surface area contributed by atoms with Crippen molar-refractivity contribution in [3.63, 3.8) is 0 Å². The van der Waals surface area contributed by atoms with Gasteiger partial charge in [0.25, 0.3) is 11.7 Å². The van der Waals surface area contributed by atoms with E-state index in [1.54, 1.807) is 12.1 Å². The van der Waals surface area contributed by atoms with Crippen molar-refractivity contribution in [3.05, 3.63) is 28.8 Å². The lowest BCUT2D eigenvalue weighted by molar-refractivity contribution is -0.121. The third kappa shape index (κ3) is 2.59. The summed E-state index contributed by atoms with van der Waals surface area (Å²) in [6.07, 6.45) is 0.596. The van der Waals surface area contributed by atoms with Gasteiger partial charge in [0, 0.05) is 18.0 Å². The van der Waals surface area contributed by atoms with Gasteiger partial charge < -0.3 is 4.90 Å².